The first kappa shape index (κ1) is 18.5. The zero-order chi connectivity index (χ0) is 18.1. The summed E-state index contributed by atoms with van der Waals surface area (Å²) in [5, 5.41) is 5.07. The van der Waals surface area contributed by atoms with Crippen LogP contribution in [0.3, 0.4) is 0 Å². The van der Waals surface area contributed by atoms with Gasteiger partial charge in [-0.2, -0.15) is 0 Å². The summed E-state index contributed by atoms with van der Waals surface area (Å²) >= 11 is 5.95. The standard InChI is InChI=1S/C18H17ClN2O4/c19-15-9-5-4-8-14(15)10-17(23)25-12-16(22)21-18(24)20-11-13-6-2-1-3-7-13/h1-9H,10-12H2,(H2,20,21,22,24). The van der Waals surface area contributed by atoms with E-state index in [1.807, 2.05) is 30.3 Å². The van der Waals surface area contributed by atoms with Crippen LogP contribution in [0.4, 0.5) is 4.79 Å². The van der Waals surface area contributed by atoms with Crippen molar-refractivity contribution in [1.29, 1.82) is 0 Å². The van der Waals surface area contributed by atoms with Gasteiger partial charge in [0, 0.05) is 11.6 Å². The van der Waals surface area contributed by atoms with Crippen molar-refractivity contribution in [3.05, 3.63) is 70.7 Å². The maximum absolute atomic E-state index is 11.7. The van der Waals surface area contributed by atoms with Crippen molar-refractivity contribution >= 4 is 29.5 Å². The monoisotopic (exact) mass is 360 g/mol. The first-order valence-electron chi connectivity index (χ1n) is 7.55. The van der Waals surface area contributed by atoms with E-state index in [1.165, 1.54) is 0 Å². The number of carbonyl (C=O) groups is 3. The molecule has 3 amide bonds. The van der Waals surface area contributed by atoms with E-state index in [9.17, 15) is 14.4 Å². The van der Waals surface area contributed by atoms with E-state index < -0.39 is 24.5 Å². The molecule has 0 saturated heterocycles. The normalized spacial score (nSPS) is 9.96. The smallest absolute Gasteiger partial charge is 0.321 e. The van der Waals surface area contributed by atoms with Crippen LogP contribution in [0.5, 0.6) is 0 Å². The van der Waals surface area contributed by atoms with Crippen LogP contribution in [0, 0.1) is 0 Å². The third kappa shape index (κ3) is 6.64. The van der Waals surface area contributed by atoms with E-state index in [-0.39, 0.29) is 13.0 Å². The number of nitrogens with one attached hydrogen (secondary N) is 2. The lowest BCUT2D eigenvalue weighted by Crippen LogP contribution is -2.41. The predicted molar refractivity (Wildman–Crippen MR) is 92.9 cm³/mol. The van der Waals surface area contributed by atoms with Gasteiger partial charge in [0.15, 0.2) is 6.61 Å². The van der Waals surface area contributed by atoms with Crippen LogP contribution < -0.4 is 10.6 Å². The summed E-state index contributed by atoms with van der Waals surface area (Å²) < 4.78 is 4.84. The molecule has 0 spiro atoms. The lowest BCUT2D eigenvalue weighted by Gasteiger charge is -2.08. The molecule has 2 aromatic carbocycles. The van der Waals surface area contributed by atoms with Crippen molar-refractivity contribution in [2.75, 3.05) is 6.61 Å². The molecule has 0 saturated carbocycles. The zero-order valence-electron chi connectivity index (χ0n) is 13.3. The topological polar surface area (TPSA) is 84.5 Å². The minimum Gasteiger partial charge on any atom is -0.455 e. The molecular weight excluding hydrogens is 344 g/mol. The summed E-state index contributed by atoms with van der Waals surface area (Å²) in [5.74, 6) is -1.31. The van der Waals surface area contributed by atoms with Gasteiger partial charge in [0.2, 0.25) is 0 Å². The number of benzene rings is 2. The average molecular weight is 361 g/mol. The van der Waals surface area contributed by atoms with Gasteiger partial charge in [-0.3, -0.25) is 14.9 Å². The molecular formula is C18H17ClN2O4. The third-order valence-electron chi connectivity index (χ3n) is 3.21. The van der Waals surface area contributed by atoms with Crippen molar-refractivity contribution < 1.29 is 19.1 Å². The molecule has 25 heavy (non-hydrogen) atoms. The van der Waals surface area contributed by atoms with E-state index in [2.05, 4.69) is 10.6 Å². The second-order valence-electron chi connectivity index (χ2n) is 5.15. The molecule has 130 valence electrons. The van der Waals surface area contributed by atoms with Gasteiger partial charge in [-0.1, -0.05) is 60.1 Å². The maximum Gasteiger partial charge on any atom is 0.321 e. The Labute approximate surface area is 150 Å². The molecule has 0 aliphatic rings. The van der Waals surface area contributed by atoms with Crippen LogP contribution in [0.2, 0.25) is 5.02 Å². The third-order valence-corrected chi connectivity index (χ3v) is 3.57. The molecule has 0 atom stereocenters. The first-order valence-corrected chi connectivity index (χ1v) is 7.93. The number of ether oxygens (including phenoxy) is 1. The number of halogens is 1. The van der Waals surface area contributed by atoms with E-state index in [0.717, 1.165) is 5.56 Å². The van der Waals surface area contributed by atoms with Crippen LogP contribution >= 0.6 is 11.6 Å². The minimum atomic E-state index is -0.710. The minimum absolute atomic E-state index is 0.0485. The highest BCUT2D eigenvalue weighted by Gasteiger charge is 2.12. The Morgan fingerprint density at radius 2 is 1.64 bits per heavy atom. The first-order chi connectivity index (χ1) is 12.0. The fraction of sp³-hybridized carbons (Fsp3) is 0.167. The van der Waals surface area contributed by atoms with Crippen LogP contribution in [0.25, 0.3) is 0 Å². The fourth-order valence-electron chi connectivity index (χ4n) is 1.98. The van der Waals surface area contributed by atoms with Crippen molar-refractivity contribution in [3.8, 4) is 0 Å². The highest BCUT2D eigenvalue weighted by Crippen LogP contribution is 2.15. The van der Waals surface area contributed by atoms with Crippen molar-refractivity contribution in [2.24, 2.45) is 0 Å². The average Bonchev–Trinajstić information content (AvgIpc) is 2.61. The molecule has 2 N–H and O–H groups in total. The molecule has 0 aliphatic heterocycles. The molecule has 7 heteroatoms. The fourth-order valence-corrected chi connectivity index (χ4v) is 2.18. The lowest BCUT2D eigenvalue weighted by molar-refractivity contribution is -0.147. The van der Waals surface area contributed by atoms with Gasteiger partial charge in [-0.05, 0) is 17.2 Å². The van der Waals surface area contributed by atoms with E-state index >= 15 is 0 Å². The van der Waals surface area contributed by atoms with Crippen LogP contribution in [0.15, 0.2) is 54.6 Å². The Morgan fingerprint density at radius 3 is 2.36 bits per heavy atom. The number of hydrogen-bond acceptors (Lipinski definition) is 4. The van der Waals surface area contributed by atoms with Gasteiger partial charge in [0.1, 0.15) is 0 Å². The Balaban J connectivity index is 1.68. The largest absolute Gasteiger partial charge is 0.455 e. The number of amides is 3. The zero-order valence-corrected chi connectivity index (χ0v) is 14.1. The Hall–Kier alpha value is -2.86. The molecule has 2 rings (SSSR count). The number of urea groups is 1. The van der Waals surface area contributed by atoms with Crippen LogP contribution in [0.1, 0.15) is 11.1 Å². The van der Waals surface area contributed by atoms with E-state index in [1.54, 1.807) is 24.3 Å². The Kier molecular flexibility index (Phi) is 6.98. The number of rotatable bonds is 6. The number of esters is 1. The molecule has 0 bridgehead atoms. The Bertz CT molecular complexity index is 750. The highest BCUT2D eigenvalue weighted by molar-refractivity contribution is 6.31. The number of hydrogen-bond donors (Lipinski definition) is 2. The molecule has 0 heterocycles. The summed E-state index contributed by atoms with van der Waals surface area (Å²) in [5.41, 5.74) is 1.51. The van der Waals surface area contributed by atoms with Crippen molar-refractivity contribution in [2.45, 2.75) is 13.0 Å². The van der Waals surface area contributed by atoms with Gasteiger partial charge in [-0.25, -0.2) is 4.79 Å². The van der Waals surface area contributed by atoms with Gasteiger partial charge >= 0.3 is 12.0 Å². The van der Waals surface area contributed by atoms with Gasteiger partial charge in [0.05, 0.1) is 6.42 Å². The highest BCUT2D eigenvalue weighted by atomic mass is 35.5. The number of carbonyl (C=O) groups excluding carboxylic acids is 3. The summed E-state index contributed by atoms with van der Waals surface area (Å²) in [4.78, 5) is 34.9. The van der Waals surface area contributed by atoms with Crippen molar-refractivity contribution in [1.82, 2.24) is 10.6 Å². The second-order valence-corrected chi connectivity index (χ2v) is 5.55. The molecule has 0 radical (unpaired) electrons. The summed E-state index contributed by atoms with van der Waals surface area (Å²) in [6, 6.07) is 15.4. The summed E-state index contributed by atoms with van der Waals surface area (Å²) in [7, 11) is 0. The maximum atomic E-state index is 11.7. The van der Waals surface area contributed by atoms with Gasteiger partial charge in [-0.15, -0.1) is 0 Å². The molecule has 0 aromatic heterocycles. The van der Waals surface area contributed by atoms with Crippen LogP contribution in [-0.4, -0.2) is 24.5 Å². The SMILES string of the molecule is O=C(COC(=O)Cc1ccccc1Cl)NC(=O)NCc1ccccc1. The summed E-state index contributed by atoms with van der Waals surface area (Å²) in [6.07, 6.45) is -0.0485. The quantitative estimate of drug-likeness (QED) is 0.775. The van der Waals surface area contributed by atoms with E-state index in [4.69, 9.17) is 16.3 Å². The molecule has 2 aromatic rings. The molecule has 0 fully saturated rings. The number of imide groups is 1. The molecule has 0 unspecified atom stereocenters. The van der Waals surface area contributed by atoms with Crippen LogP contribution in [-0.2, 0) is 27.3 Å². The van der Waals surface area contributed by atoms with E-state index in [0.29, 0.717) is 10.6 Å². The predicted octanol–water partition coefficient (Wildman–Crippen LogP) is 2.45. The molecule has 0 aliphatic carbocycles. The van der Waals surface area contributed by atoms with Crippen molar-refractivity contribution in [3.63, 3.8) is 0 Å². The van der Waals surface area contributed by atoms with Gasteiger partial charge < -0.3 is 10.1 Å². The second kappa shape index (κ2) is 9.44. The molecule has 6 nitrogen and oxygen atoms in total. The van der Waals surface area contributed by atoms with Gasteiger partial charge in [0.25, 0.3) is 5.91 Å². The summed E-state index contributed by atoms with van der Waals surface area (Å²) in [6.45, 7) is -0.256. The Morgan fingerprint density at radius 1 is 0.960 bits per heavy atom. The lowest BCUT2D eigenvalue weighted by atomic mass is 10.1.